The Hall–Kier alpha value is -0.210. The van der Waals surface area contributed by atoms with Crippen molar-refractivity contribution in [1.29, 1.82) is 0 Å². The molecule has 1 aromatic rings. The minimum absolute atomic E-state index is 0.606. The van der Waals surface area contributed by atoms with Gasteiger partial charge in [-0.2, -0.15) is 11.8 Å². The summed E-state index contributed by atoms with van der Waals surface area (Å²) in [4.78, 5) is 4.28. The Bertz CT molecular complexity index is 310. The van der Waals surface area contributed by atoms with Crippen molar-refractivity contribution in [3.05, 3.63) is 29.0 Å². The molecular formula is C12H16ClNS. The van der Waals surface area contributed by atoms with Crippen LogP contribution < -0.4 is 0 Å². The molecule has 1 aliphatic rings. The summed E-state index contributed by atoms with van der Waals surface area (Å²) in [5.74, 6) is 3.24. The summed E-state index contributed by atoms with van der Waals surface area (Å²) in [5.41, 5.74) is 1.10. The maximum Gasteiger partial charge on any atom is 0.129 e. The summed E-state index contributed by atoms with van der Waals surface area (Å²) in [7, 11) is 0. The number of halogens is 1. The molecule has 1 aromatic heterocycles. The Morgan fingerprint density at radius 3 is 2.87 bits per heavy atom. The zero-order valence-electron chi connectivity index (χ0n) is 8.79. The first-order valence-corrected chi connectivity index (χ1v) is 7.07. The molecule has 0 N–H and O–H groups in total. The monoisotopic (exact) mass is 241 g/mol. The Balaban J connectivity index is 1.73. The second-order valence-electron chi connectivity index (χ2n) is 4.12. The highest BCUT2D eigenvalue weighted by Gasteiger charge is 2.14. The molecule has 0 aromatic carbocycles. The van der Waals surface area contributed by atoms with Crippen molar-refractivity contribution < 1.29 is 0 Å². The molecule has 1 fully saturated rings. The van der Waals surface area contributed by atoms with Crippen molar-refractivity contribution in [2.45, 2.75) is 31.4 Å². The summed E-state index contributed by atoms with van der Waals surface area (Å²) < 4.78 is 0. The quantitative estimate of drug-likeness (QED) is 0.735. The van der Waals surface area contributed by atoms with Crippen molar-refractivity contribution in [2.24, 2.45) is 5.92 Å². The van der Waals surface area contributed by atoms with Crippen LogP contribution in [0.3, 0.4) is 0 Å². The zero-order valence-corrected chi connectivity index (χ0v) is 10.4. The van der Waals surface area contributed by atoms with Crippen molar-refractivity contribution >= 4 is 23.4 Å². The molecule has 1 nitrogen and oxygen atoms in total. The van der Waals surface area contributed by atoms with Crippen LogP contribution in [0, 0.1) is 5.92 Å². The molecule has 0 atom stereocenters. The molecule has 2 rings (SSSR count). The van der Waals surface area contributed by atoms with E-state index in [1.165, 1.54) is 31.4 Å². The number of hydrogen-bond acceptors (Lipinski definition) is 2. The molecule has 1 heterocycles. The third kappa shape index (κ3) is 3.69. The van der Waals surface area contributed by atoms with Gasteiger partial charge < -0.3 is 0 Å². The predicted octanol–water partition coefficient (Wildman–Crippen LogP) is 4.16. The first-order valence-electron chi connectivity index (χ1n) is 5.54. The lowest BCUT2D eigenvalue weighted by Gasteiger charge is -2.07. The van der Waals surface area contributed by atoms with Crippen LogP contribution in [-0.2, 0) is 5.75 Å². The standard InChI is InChI=1S/C12H16ClNS/c13-12-7-3-6-11(14-12)9-15-8-10-4-1-2-5-10/h3,6-7,10H,1-2,4-5,8-9H2. The van der Waals surface area contributed by atoms with E-state index in [0.29, 0.717) is 5.15 Å². The molecule has 0 amide bonds. The van der Waals surface area contributed by atoms with Gasteiger partial charge in [0, 0.05) is 5.75 Å². The second-order valence-corrected chi connectivity index (χ2v) is 5.53. The van der Waals surface area contributed by atoms with E-state index in [4.69, 9.17) is 11.6 Å². The Kier molecular flexibility index (Phi) is 4.33. The van der Waals surface area contributed by atoms with Gasteiger partial charge in [-0.3, -0.25) is 0 Å². The Morgan fingerprint density at radius 2 is 2.13 bits per heavy atom. The molecule has 0 spiro atoms. The summed E-state index contributed by atoms with van der Waals surface area (Å²) in [5, 5.41) is 0.606. The molecule has 1 aliphatic carbocycles. The van der Waals surface area contributed by atoms with Gasteiger partial charge in [0.1, 0.15) is 5.15 Å². The minimum Gasteiger partial charge on any atom is -0.240 e. The highest BCUT2D eigenvalue weighted by atomic mass is 35.5. The largest absolute Gasteiger partial charge is 0.240 e. The molecule has 1 saturated carbocycles. The Morgan fingerprint density at radius 1 is 1.33 bits per heavy atom. The van der Waals surface area contributed by atoms with E-state index in [9.17, 15) is 0 Å². The molecule has 82 valence electrons. The summed E-state index contributed by atoms with van der Waals surface area (Å²) >= 11 is 7.82. The SMILES string of the molecule is Clc1cccc(CSCC2CCCC2)n1. The molecule has 0 radical (unpaired) electrons. The van der Waals surface area contributed by atoms with Crippen LogP contribution in [0.1, 0.15) is 31.4 Å². The Labute approximate surface area is 101 Å². The lowest BCUT2D eigenvalue weighted by molar-refractivity contribution is 0.623. The number of hydrogen-bond donors (Lipinski definition) is 0. The van der Waals surface area contributed by atoms with Gasteiger partial charge >= 0.3 is 0 Å². The van der Waals surface area contributed by atoms with E-state index < -0.39 is 0 Å². The lowest BCUT2D eigenvalue weighted by atomic mass is 10.1. The van der Waals surface area contributed by atoms with E-state index >= 15 is 0 Å². The smallest absolute Gasteiger partial charge is 0.129 e. The first kappa shape index (κ1) is 11.3. The van der Waals surface area contributed by atoms with Crippen molar-refractivity contribution in [2.75, 3.05) is 5.75 Å². The topological polar surface area (TPSA) is 12.9 Å². The maximum atomic E-state index is 5.83. The van der Waals surface area contributed by atoms with Gasteiger partial charge in [-0.05, 0) is 36.6 Å². The van der Waals surface area contributed by atoms with Gasteiger partial charge in [-0.25, -0.2) is 4.98 Å². The summed E-state index contributed by atoms with van der Waals surface area (Å²) in [6, 6.07) is 5.85. The van der Waals surface area contributed by atoms with E-state index in [1.54, 1.807) is 0 Å². The molecular weight excluding hydrogens is 226 g/mol. The highest BCUT2D eigenvalue weighted by molar-refractivity contribution is 7.98. The average molecular weight is 242 g/mol. The van der Waals surface area contributed by atoms with Gasteiger partial charge in [0.05, 0.1) is 5.69 Å². The fraction of sp³-hybridized carbons (Fsp3) is 0.583. The number of nitrogens with zero attached hydrogens (tertiary/aromatic N) is 1. The van der Waals surface area contributed by atoms with E-state index in [1.807, 2.05) is 30.0 Å². The first-order chi connectivity index (χ1) is 7.34. The van der Waals surface area contributed by atoms with Gasteiger partial charge in [0.2, 0.25) is 0 Å². The van der Waals surface area contributed by atoms with Crippen LogP contribution in [0.5, 0.6) is 0 Å². The summed E-state index contributed by atoms with van der Waals surface area (Å²) in [6.07, 6.45) is 5.72. The summed E-state index contributed by atoms with van der Waals surface area (Å²) in [6.45, 7) is 0. The molecule has 0 aliphatic heterocycles. The maximum absolute atomic E-state index is 5.83. The van der Waals surface area contributed by atoms with E-state index in [0.717, 1.165) is 17.4 Å². The average Bonchev–Trinajstić information content (AvgIpc) is 2.71. The number of rotatable bonds is 4. The van der Waals surface area contributed by atoms with Gasteiger partial charge in [-0.15, -0.1) is 0 Å². The predicted molar refractivity (Wildman–Crippen MR) is 67.4 cm³/mol. The second kappa shape index (κ2) is 5.76. The van der Waals surface area contributed by atoms with E-state index in [-0.39, 0.29) is 0 Å². The third-order valence-electron chi connectivity index (χ3n) is 2.85. The van der Waals surface area contributed by atoms with Gasteiger partial charge in [-0.1, -0.05) is 30.5 Å². The number of thioether (sulfide) groups is 1. The van der Waals surface area contributed by atoms with Crippen LogP contribution in [0.4, 0.5) is 0 Å². The van der Waals surface area contributed by atoms with Gasteiger partial charge in [0.25, 0.3) is 0 Å². The van der Waals surface area contributed by atoms with Crippen LogP contribution in [0.15, 0.2) is 18.2 Å². The van der Waals surface area contributed by atoms with Crippen LogP contribution in [0.25, 0.3) is 0 Å². The number of pyridine rings is 1. The van der Waals surface area contributed by atoms with E-state index in [2.05, 4.69) is 4.98 Å². The molecule has 3 heteroatoms. The zero-order chi connectivity index (χ0) is 10.5. The van der Waals surface area contributed by atoms with Crippen molar-refractivity contribution in [1.82, 2.24) is 4.98 Å². The highest BCUT2D eigenvalue weighted by Crippen LogP contribution is 2.28. The van der Waals surface area contributed by atoms with Crippen molar-refractivity contribution in [3.8, 4) is 0 Å². The normalized spacial score (nSPS) is 17.1. The van der Waals surface area contributed by atoms with Crippen LogP contribution in [0.2, 0.25) is 5.15 Å². The minimum atomic E-state index is 0.606. The van der Waals surface area contributed by atoms with Crippen molar-refractivity contribution in [3.63, 3.8) is 0 Å². The lowest BCUT2D eigenvalue weighted by Crippen LogP contribution is -1.97. The fourth-order valence-corrected chi connectivity index (χ4v) is 3.37. The van der Waals surface area contributed by atoms with Crippen LogP contribution in [-0.4, -0.2) is 10.7 Å². The third-order valence-corrected chi connectivity index (χ3v) is 4.27. The fourth-order valence-electron chi connectivity index (χ4n) is 2.04. The molecule has 0 unspecified atom stereocenters. The molecule has 0 bridgehead atoms. The van der Waals surface area contributed by atoms with Crippen LogP contribution >= 0.6 is 23.4 Å². The molecule has 15 heavy (non-hydrogen) atoms. The molecule has 0 saturated heterocycles. The van der Waals surface area contributed by atoms with Gasteiger partial charge in [0.15, 0.2) is 0 Å². The number of aromatic nitrogens is 1.